The van der Waals surface area contributed by atoms with Crippen LogP contribution >= 0.6 is 0 Å². The molecular formula is C18H23N3O6S2. The van der Waals surface area contributed by atoms with Gasteiger partial charge in [-0.3, -0.25) is 4.79 Å². The first-order chi connectivity index (χ1) is 13.5. The van der Waals surface area contributed by atoms with Crippen LogP contribution in [0.5, 0.6) is 0 Å². The summed E-state index contributed by atoms with van der Waals surface area (Å²) in [6, 6.07) is 6.04. The first-order valence-electron chi connectivity index (χ1n) is 8.99. The summed E-state index contributed by atoms with van der Waals surface area (Å²) in [5.74, 6) is -0.577. The molecular weight excluding hydrogens is 418 g/mol. The number of anilines is 1. The van der Waals surface area contributed by atoms with Gasteiger partial charge in [0.05, 0.1) is 27.7 Å². The SMILES string of the molecule is Cc1ccc(S(=O)(=O)[C@H]2CS(=O)(=O)C[C@@H]2N[C@@H](C)C(=O)Nc2cc(C)on2)cc1. The van der Waals surface area contributed by atoms with E-state index in [2.05, 4.69) is 15.8 Å². The van der Waals surface area contributed by atoms with Crippen LogP contribution < -0.4 is 10.6 Å². The molecule has 1 fully saturated rings. The summed E-state index contributed by atoms with van der Waals surface area (Å²) in [5.41, 5.74) is 0.894. The van der Waals surface area contributed by atoms with Gasteiger partial charge in [0.15, 0.2) is 25.5 Å². The molecule has 2 N–H and O–H groups in total. The summed E-state index contributed by atoms with van der Waals surface area (Å²) < 4.78 is 55.4. The molecule has 0 aliphatic carbocycles. The van der Waals surface area contributed by atoms with Crippen LogP contribution in [0.3, 0.4) is 0 Å². The molecule has 3 rings (SSSR count). The van der Waals surface area contributed by atoms with Crippen LogP contribution in [0, 0.1) is 13.8 Å². The van der Waals surface area contributed by atoms with Crippen molar-refractivity contribution in [1.82, 2.24) is 10.5 Å². The van der Waals surface area contributed by atoms with Gasteiger partial charge in [0.2, 0.25) is 5.91 Å². The summed E-state index contributed by atoms with van der Waals surface area (Å²) in [7, 11) is -7.47. The smallest absolute Gasteiger partial charge is 0.242 e. The van der Waals surface area contributed by atoms with E-state index in [9.17, 15) is 21.6 Å². The van der Waals surface area contributed by atoms with Crippen molar-refractivity contribution in [2.75, 3.05) is 16.8 Å². The summed E-state index contributed by atoms with van der Waals surface area (Å²) in [6.45, 7) is 5.04. The zero-order chi connectivity index (χ0) is 21.4. The minimum atomic E-state index is -3.90. The number of carbonyl (C=O) groups is 1. The molecule has 2 heterocycles. The molecule has 0 radical (unpaired) electrons. The average Bonchev–Trinajstić information content (AvgIpc) is 3.17. The number of sulfone groups is 2. The van der Waals surface area contributed by atoms with Crippen molar-refractivity contribution < 1.29 is 26.2 Å². The van der Waals surface area contributed by atoms with Crippen molar-refractivity contribution in [2.45, 2.75) is 43.0 Å². The first kappa shape index (κ1) is 21.5. The molecule has 1 aromatic heterocycles. The van der Waals surface area contributed by atoms with Crippen LogP contribution in [-0.2, 0) is 24.5 Å². The number of aryl methyl sites for hydroxylation is 2. The fourth-order valence-corrected chi connectivity index (χ4v) is 7.91. The summed E-state index contributed by atoms with van der Waals surface area (Å²) >= 11 is 0. The molecule has 29 heavy (non-hydrogen) atoms. The fraction of sp³-hybridized carbons (Fsp3) is 0.444. The standard InChI is InChI=1S/C18H23N3O6S2/c1-11-4-6-14(7-5-11)29(25,26)16-10-28(23,24)9-15(16)19-13(3)18(22)20-17-8-12(2)27-21-17/h4-8,13,15-16,19H,9-10H2,1-3H3,(H,20,21,22)/t13-,15-,16-/m0/s1. The molecule has 158 valence electrons. The number of hydrogen-bond acceptors (Lipinski definition) is 8. The highest BCUT2D eigenvalue weighted by atomic mass is 32.2. The van der Waals surface area contributed by atoms with E-state index in [-0.39, 0.29) is 16.5 Å². The van der Waals surface area contributed by atoms with E-state index < -0.39 is 48.7 Å². The molecule has 1 aromatic carbocycles. The monoisotopic (exact) mass is 441 g/mol. The molecule has 0 saturated carbocycles. The van der Waals surface area contributed by atoms with E-state index in [0.717, 1.165) is 5.56 Å². The van der Waals surface area contributed by atoms with E-state index in [1.165, 1.54) is 25.1 Å². The number of aromatic nitrogens is 1. The highest BCUT2D eigenvalue weighted by Crippen LogP contribution is 2.26. The Morgan fingerprint density at radius 1 is 1.21 bits per heavy atom. The summed E-state index contributed by atoms with van der Waals surface area (Å²) in [5, 5.41) is 7.90. The van der Waals surface area contributed by atoms with Crippen molar-refractivity contribution >= 4 is 31.4 Å². The van der Waals surface area contributed by atoms with Crippen molar-refractivity contribution in [2.24, 2.45) is 0 Å². The Balaban J connectivity index is 1.79. The fourth-order valence-electron chi connectivity index (χ4n) is 3.24. The lowest BCUT2D eigenvalue weighted by Gasteiger charge is -2.23. The second-order valence-electron chi connectivity index (χ2n) is 7.28. The van der Waals surface area contributed by atoms with Gasteiger partial charge < -0.3 is 15.2 Å². The van der Waals surface area contributed by atoms with Gasteiger partial charge in [-0.25, -0.2) is 16.8 Å². The van der Waals surface area contributed by atoms with Gasteiger partial charge in [0.1, 0.15) is 5.76 Å². The Morgan fingerprint density at radius 2 is 1.86 bits per heavy atom. The summed E-state index contributed by atoms with van der Waals surface area (Å²) in [4.78, 5) is 12.4. The third-order valence-electron chi connectivity index (χ3n) is 4.79. The maximum atomic E-state index is 13.1. The zero-order valence-electron chi connectivity index (χ0n) is 16.2. The summed E-state index contributed by atoms with van der Waals surface area (Å²) in [6.07, 6.45) is 0. The number of amides is 1. The Hall–Kier alpha value is -2.24. The van der Waals surface area contributed by atoms with Gasteiger partial charge in [0, 0.05) is 12.1 Å². The minimum Gasteiger partial charge on any atom is -0.360 e. The second kappa shape index (κ2) is 7.88. The van der Waals surface area contributed by atoms with Gasteiger partial charge >= 0.3 is 0 Å². The molecule has 0 spiro atoms. The Morgan fingerprint density at radius 3 is 2.45 bits per heavy atom. The molecule has 1 aliphatic heterocycles. The molecule has 2 aromatic rings. The molecule has 1 aliphatic rings. The average molecular weight is 442 g/mol. The lowest BCUT2D eigenvalue weighted by atomic mass is 10.2. The van der Waals surface area contributed by atoms with Crippen LogP contribution in [0.25, 0.3) is 0 Å². The number of benzene rings is 1. The van der Waals surface area contributed by atoms with Gasteiger partial charge in [-0.2, -0.15) is 0 Å². The molecule has 11 heteroatoms. The van der Waals surface area contributed by atoms with Crippen LogP contribution in [-0.4, -0.2) is 56.7 Å². The predicted octanol–water partition coefficient (Wildman–Crippen LogP) is 0.848. The zero-order valence-corrected chi connectivity index (χ0v) is 17.9. The minimum absolute atomic E-state index is 0.0622. The Kier molecular flexibility index (Phi) is 5.84. The highest BCUT2D eigenvalue weighted by Gasteiger charge is 2.46. The third kappa shape index (κ3) is 4.85. The number of nitrogens with one attached hydrogen (secondary N) is 2. The molecule has 0 unspecified atom stereocenters. The molecule has 9 nitrogen and oxygen atoms in total. The van der Waals surface area contributed by atoms with E-state index in [0.29, 0.717) is 5.76 Å². The predicted molar refractivity (Wildman–Crippen MR) is 107 cm³/mol. The number of hydrogen-bond donors (Lipinski definition) is 2. The van der Waals surface area contributed by atoms with Gasteiger partial charge in [-0.15, -0.1) is 0 Å². The largest absolute Gasteiger partial charge is 0.360 e. The van der Waals surface area contributed by atoms with Crippen LogP contribution in [0.4, 0.5) is 5.82 Å². The van der Waals surface area contributed by atoms with Crippen molar-refractivity contribution in [3.63, 3.8) is 0 Å². The van der Waals surface area contributed by atoms with Gasteiger partial charge in [0.25, 0.3) is 0 Å². The van der Waals surface area contributed by atoms with E-state index in [1.54, 1.807) is 19.1 Å². The second-order valence-corrected chi connectivity index (χ2v) is 11.6. The van der Waals surface area contributed by atoms with Gasteiger partial charge in [-0.1, -0.05) is 22.9 Å². The van der Waals surface area contributed by atoms with Crippen molar-refractivity contribution in [3.05, 3.63) is 41.7 Å². The molecule has 1 amide bonds. The number of carbonyl (C=O) groups excluding carboxylic acids is 1. The first-order valence-corrected chi connectivity index (χ1v) is 12.4. The molecule has 0 bridgehead atoms. The Bertz CT molecular complexity index is 1110. The molecule has 3 atom stereocenters. The lowest BCUT2D eigenvalue weighted by molar-refractivity contribution is -0.118. The van der Waals surface area contributed by atoms with E-state index >= 15 is 0 Å². The molecule has 1 saturated heterocycles. The van der Waals surface area contributed by atoms with Crippen molar-refractivity contribution in [1.29, 1.82) is 0 Å². The van der Waals surface area contributed by atoms with Gasteiger partial charge in [-0.05, 0) is 32.9 Å². The quantitative estimate of drug-likeness (QED) is 0.673. The highest BCUT2D eigenvalue weighted by molar-refractivity contribution is 7.96. The number of nitrogens with zero attached hydrogens (tertiary/aromatic N) is 1. The van der Waals surface area contributed by atoms with E-state index in [4.69, 9.17) is 4.52 Å². The Labute approximate surface area is 169 Å². The van der Waals surface area contributed by atoms with Crippen LogP contribution in [0.2, 0.25) is 0 Å². The normalized spacial score (nSPS) is 22.3. The maximum absolute atomic E-state index is 13.1. The maximum Gasteiger partial charge on any atom is 0.242 e. The third-order valence-corrected chi connectivity index (χ3v) is 8.95. The van der Waals surface area contributed by atoms with Crippen LogP contribution in [0.15, 0.2) is 39.8 Å². The topological polar surface area (TPSA) is 135 Å². The van der Waals surface area contributed by atoms with E-state index in [1.807, 2.05) is 6.92 Å². The lowest BCUT2D eigenvalue weighted by Crippen LogP contribution is -2.50. The number of rotatable bonds is 6. The van der Waals surface area contributed by atoms with Crippen molar-refractivity contribution in [3.8, 4) is 0 Å². The van der Waals surface area contributed by atoms with Crippen LogP contribution in [0.1, 0.15) is 18.2 Å².